The fraction of sp³-hybridized carbons (Fsp3) is 0.286. The van der Waals surface area contributed by atoms with Gasteiger partial charge in [0.1, 0.15) is 11.2 Å². The lowest BCUT2D eigenvalue weighted by molar-refractivity contribution is -0.0893. The Morgan fingerprint density at radius 3 is 2.62 bits per heavy atom. The highest BCUT2D eigenvalue weighted by Crippen LogP contribution is 2.33. The predicted octanol–water partition coefficient (Wildman–Crippen LogP) is 3.94. The van der Waals surface area contributed by atoms with Crippen molar-refractivity contribution in [2.45, 2.75) is 38.9 Å². The molecule has 0 unspecified atom stereocenters. The minimum atomic E-state index is -0.981. The Bertz CT molecular complexity index is 1110. The van der Waals surface area contributed by atoms with Gasteiger partial charge in [0.25, 0.3) is 0 Å². The summed E-state index contributed by atoms with van der Waals surface area (Å²) < 4.78 is 12.0. The second-order valence-corrected chi connectivity index (χ2v) is 7.64. The summed E-state index contributed by atoms with van der Waals surface area (Å²) in [5, 5.41) is 13.4. The molecular weight excluding hydrogens is 325 g/mol. The van der Waals surface area contributed by atoms with Crippen LogP contribution in [0.25, 0.3) is 32.8 Å². The number of rotatable bonds is 4. The Balaban J connectivity index is 1.84. The van der Waals surface area contributed by atoms with Crippen LogP contribution in [0, 0.1) is 0 Å². The second kappa shape index (κ2) is 5.83. The van der Waals surface area contributed by atoms with Gasteiger partial charge < -0.3 is 14.2 Å². The fourth-order valence-corrected chi connectivity index (χ4v) is 2.90. The Labute approximate surface area is 153 Å². The highest BCUT2D eigenvalue weighted by atomic mass is 16.5. The van der Waals surface area contributed by atoms with E-state index in [1.54, 1.807) is 27.5 Å². The van der Waals surface area contributed by atoms with Gasteiger partial charge in [-0.25, -0.2) is 0 Å². The monoisotopic (exact) mass is 346 g/mol. The minimum Gasteiger partial charge on any atom is -0.456 e. The number of fused-ring (bicyclic) bond motifs is 5. The SMILES string of the molecule is CC(C)(O)C(C)(C)O[B]c1cccc2c1oc1ccc3cccnc3c12. The van der Waals surface area contributed by atoms with Gasteiger partial charge in [0.15, 0.2) is 0 Å². The maximum Gasteiger partial charge on any atom is 0.334 e. The van der Waals surface area contributed by atoms with E-state index in [-0.39, 0.29) is 0 Å². The number of pyridine rings is 1. The van der Waals surface area contributed by atoms with Gasteiger partial charge in [0.05, 0.1) is 22.1 Å². The summed E-state index contributed by atoms with van der Waals surface area (Å²) >= 11 is 0. The van der Waals surface area contributed by atoms with Crippen LogP contribution in [0.3, 0.4) is 0 Å². The molecule has 2 heterocycles. The first-order chi connectivity index (χ1) is 12.3. The average molecular weight is 346 g/mol. The van der Waals surface area contributed by atoms with Crippen LogP contribution in [0.15, 0.2) is 53.1 Å². The molecule has 0 bridgehead atoms. The van der Waals surface area contributed by atoms with Crippen LogP contribution < -0.4 is 5.46 Å². The van der Waals surface area contributed by atoms with Crippen molar-refractivity contribution < 1.29 is 14.2 Å². The molecule has 0 aliphatic rings. The highest BCUT2D eigenvalue weighted by Gasteiger charge is 2.36. The largest absolute Gasteiger partial charge is 0.456 e. The van der Waals surface area contributed by atoms with Crippen LogP contribution in [0.4, 0.5) is 0 Å². The smallest absolute Gasteiger partial charge is 0.334 e. The van der Waals surface area contributed by atoms with Gasteiger partial charge in [-0.2, -0.15) is 0 Å². The molecule has 4 nitrogen and oxygen atoms in total. The van der Waals surface area contributed by atoms with Crippen LogP contribution in [0.5, 0.6) is 0 Å². The number of aromatic nitrogens is 1. The zero-order valence-corrected chi connectivity index (χ0v) is 15.4. The molecule has 0 amide bonds. The first kappa shape index (κ1) is 17.1. The molecule has 0 fully saturated rings. The zero-order valence-electron chi connectivity index (χ0n) is 15.4. The van der Waals surface area contributed by atoms with E-state index in [1.165, 1.54) is 0 Å². The highest BCUT2D eigenvalue weighted by molar-refractivity contribution is 6.51. The van der Waals surface area contributed by atoms with E-state index in [2.05, 4.69) is 4.98 Å². The quantitative estimate of drug-likeness (QED) is 0.569. The fourth-order valence-electron chi connectivity index (χ4n) is 2.90. The maximum atomic E-state index is 10.3. The number of nitrogens with zero attached hydrogens (tertiary/aromatic N) is 1. The van der Waals surface area contributed by atoms with Crippen LogP contribution in [0.1, 0.15) is 27.7 Å². The lowest BCUT2D eigenvalue weighted by atomic mass is 9.82. The van der Waals surface area contributed by atoms with E-state index in [9.17, 15) is 5.11 Å². The van der Waals surface area contributed by atoms with Crippen molar-refractivity contribution >= 4 is 45.8 Å². The molecule has 2 aromatic heterocycles. The minimum absolute atomic E-state index is 0.741. The van der Waals surface area contributed by atoms with Gasteiger partial charge in [0, 0.05) is 17.0 Å². The first-order valence-corrected chi connectivity index (χ1v) is 8.70. The molecule has 4 aromatic rings. The number of furan rings is 1. The van der Waals surface area contributed by atoms with Crippen molar-refractivity contribution in [2.24, 2.45) is 0 Å². The van der Waals surface area contributed by atoms with Gasteiger partial charge in [-0.05, 0) is 51.4 Å². The van der Waals surface area contributed by atoms with Crippen molar-refractivity contribution in [1.82, 2.24) is 4.98 Å². The number of para-hydroxylation sites is 1. The molecule has 1 radical (unpaired) electrons. The normalized spacial score (nSPS) is 13.0. The molecule has 4 rings (SSSR count). The van der Waals surface area contributed by atoms with Crippen LogP contribution in [-0.2, 0) is 4.65 Å². The van der Waals surface area contributed by atoms with Crippen molar-refractivity contribution in [3.63, 3.8) is 0 Å². The second-order valence-electron chi connectivity index (χ2n) is 7.64. The molecule has 0 spiro atoms. The van der Waals surface area contributed by atoms with E-state index in [0.29, 0.717) is 0 Å². The van der Waals surface area contributed by atoms with Gasteiger partial charge in [-0.3, -0.25) is 4.98 Å². The van der Waals surface area contributed by atoms with E-state index in [1.807, 2.05) is 56.3 Å². The molecule has 0 saturated heterocycles. The summed E-state index contributed by atoms with van der Waals surface area (Å²) in [5.74, 6) is 0. The van der Waals surface area contributed by atoms with Gasteiger partial charge in [-0.1, -0.05) is 24.3 Å². The van der Waals surface area contributed by atoms with Crippen LogP contribution >= 0.6 is 0 Å². The maximum absolute atomic E-state index is 10.3. The third-order valence-electron chi connectivity index (χ3n) is 5.22. The standard InChI is InChI=1S/C21H21BNO3/c1-20(2,24)21(3,4)26-22-15-9-5-8-14-17-16(25-19(14)15)11-10-13-7-6-12-23-18(13)17/h5-12,24H,1-4H3. The van der Waals surface area contributed by atoms with Gasteiger partial charge >= 0.3 is 7.48 Å². The Kier molecular flexibility index (Phi) is 3.83. The van der Waals surface area contributed by atoms with E-state index in [0.717, 1.165) is 38.3 Å². The molecule has 0 aliphatic carbocycles. The summed E-state index contributed by atoms with van der Waals surface area (Å²) in [7, 11) is 1.66. The number of benzene rings is 2. The number of aliphatic hydroxyl groups is 1. The summed E-state index contributed by atoms with van der Waals surface area (Å²) in [6, 6.07) is 13.9. The van der Waals surface area contributed by atoms with Gasteiger partial charge in [-0.15, -0.1) is 0 Å². The average Bonchev–Trinajstić information content (AvgIpc) is 2.98. The lowest BCUT2D eigenvalue weighted by Crippen LogP contribution is -2.49. The summed E-state index contributed by atoms with van der Waals surface area (Å²) in [5.41, 5.74) is 1.60. The number of hydrogen-bond acceptors (Lipinski definition) is 4. The molecule has 1 N–H and O–H groups in total. The van der Waals surface area contributed by atoms with E-state index < -0.39 is 11.2 Å². The lowest BCUT2D eigenvalue weighted by Gasteiger charge is -2.37. The van der Waals surface area contributed by atoms with Crippen molar-refractivity contribution in [3.8, 4) is 0 Å². The Hall–Kier alpha value is -2.37. The topological polar surface area (TPSA) is 55.5 Å². The molecule has 0 saturated carbocycles. The van der Waals surface area contributed by atoms with E-state index in [4.69, 9.17) is 9.07 Å². The third kappa shape index (κ3) is 2.68. The number of hydrogen-bond donors (Lipinski definition) is 1. The van der Waals surface area contributed by atoms with Gasteiger partial charge in [0.2, 0.25) is 0 Å². The van der Waals surface area contributed by atoms with Crippen LogP contribution in [0.2, 0.25) is 0 Å². The third-order valence-corrected chi connectivity index (χ3v) is 5.22. The van der Waals surface area contributed by atoms with Crippen LogP contribution in [-0.4, -0.2) is 28.8 Å². The summed E-state index contributed by atoms with van der Waals surface area (Å²) in [4.78, 5) is 4.54. The van der Waals surface area contributed by atoms with Crippen molar-refractivity contribution in [3.05, 3.63) is 48.7 Å². The molecule has 26 heavy (non-hydrogen) atoms. The summed E-state index contributed by atoms with van der Waals surface area (Å²) in [6.07, 6.45) is 1.80. The predicted molar refractivity (Wildman–Crippen MR) is 106 cm³/mol. The van der Waals surface area contributed by atoms with Crippen molar-refractivity contribution in [1.29, 1.82) is 0 Å². The van der Waals surface area contributed by atoms with Crippen molar-refractivity contribution in [2.75, 3.05) is 0 Å². The first-order valence-electron chi connectivity index (χ1n) is 8.70. The molecular formula is C21H21BNO3. The Morgan fingerprint density at radius 1 is 1.04 bits per heavy atom. The molecule has 131 valence electrons. The summed E-state index contributed by atoms with van der Waals surface area (Å²) in [6.45, 7) is 7.19. The molecule has 5 heteroatoms. The van der Waals surface area contributed by atoms with E-state index >= 15 is 0 Å². The zero-order chi connectivity index (χ0) is 18.5. The molecule has 0 atom stereocenters. The molecule has 0 aliphatic heterocycles. The Morgan fingerprint density at radius 2 is 1.85 bits per heavy atom. The molecule has 2 aromatic carbocycles.